The highest BCUT2D eigenvalue weighted by Crippen LogP contribution is 2.48. The number of methoxy groups -OCH3 is 1. The standard InChI is InChI=1S/C9H14N2O/c1-7-6-8(11(2)10-7)9(12-3)4-5-9/h6H,4-5H2,1-3H3. The van der Waals surface area contributed by atoms with Gasteiger partial charge in [-0.25, -0.2) is 0 Å². The zero-order chi connectivity index (χ0) is 8.77. The summed E-state index contributed by atoms with van der Waals surface area (Å²) in [4.78, 5) is 0. The Hall–Kier alpha value is -0.830. The fourth-order valence-electron chi connectivity index (χ4n) is 1.72. The van der Waals surface area contributed by atoms with Crippen molar-refractivity contribution in [1.82, 2.24) is 9.78 Å². The molecule has 0 unspecified atom stereocenters. The molecule has 0 spiro atoms. The van der Waals surface area contributed by atoms with E-state index < -0.39 is 0 Å². The molecule has 0 saturated heterocycles. The summed E-state index contributed by atoms with van der Waals surface area (Å²) in [6, 6.07) is 2.11. The lowest BCUT2D eigenvalue weighted by Crippen LogP contribution is -2.14. The van der Waals surface area contributed by atoms with Crippen LogP contribution in [0.2, 0.25) is 0 Å². The Balaban J connectivity index is 2.39. The first kappa shape index (κ1) is 7.80. The second kappa shape index (κ2) is 2.33. The molecule has 0 N–H and O–H groups in total. The predicted molar refractivity (Wildman–Crippen MR) is 45.9 cm³/mol. The van der Waals surface area contributed by atoms with E-state index in [-0.39, 0.29) is 5.60 Å². The van der Waals surface area contributed by atoms with Gasteiger partial charge < -0.3 is 4.74 Å². The van der Waals surface area contributed by atoms with Gasteiger partial charge in [0, 0.05) is 14.2 Å². The van der Waals surface area contributed by atoms with Gasteiger partial charge in [0.1, 0.15) is 5.60 Å². The number of nitrogens with zero attached hydrogens (tertiary/aromatic N) is 2. The van der Waals surface area contributed by atoms with Crippen LogP contribution in [-0.4, -0.2) is 16.9 Å². The smallest absolute Gasteiger partial charge is 0.109 e. The Labute approximate surface area is 72.3 Å². The molecule has 1 saturated carbocycles. The number of aryl methyl sites for hydroxylation is 2. The molecule has 1 fully saturated rings. The highest BCUT2D eigenvalue weighted by atomic mass is 16.5. The topological polar surface area (TPSA) is 27.1 Å². The first-order chi connectivity index (χ1) is 5.68. The average Bonchev–Trinajstić information content (AvgIpc) is 2.74. The van der Waals surface area contributed by atoms with Gasteiger partial charge in [-0.3, -0.25) is 4.68 Å². The molecule has 1 heterocycles. The third kappa shape index (κ3) is 0.966. The lowest BCUT2D eigenvalue weighted by Gasteiger charge is -2.12. The maximum Gasteiger partial charge on any atom is 0.109 e. The van der Waals surface area contributed by atoms with Crippen LogP contribution in [0, 0.1) is 6.92 Å². The molecule has 12 heavy (non-hydrogen) atoms. The first-order valence-electron chi connectivity index (χ1n) is 4.24. The van der Waals surface area contributed by atoms with E-state index in [4.69, 9.17) is 4.74 Å². The van der Waals surface area contributed by atoms with Crippen LogP contribution >= 0.6 is 0 Å². The third-order valence-electron chi connectivity index (χ3n) is 2.56. The number of hydrogen-bond donors (Lipinski definition) is 0. The van der Waals surface area contributed by atoms with Gasteiger partial charge in [-0.1, -0.05) is 0 Å². The maximum atomic E-state index is 5.47. The van der Waals surface area contributed by atoms with Crippen LogP contribution in [0.5, 0.6) is 0 Å². The van der Waals surface area contributed by atoms with Crippen LogP contribution in [-0.2, 0) is 17.4 Å². The van der Waals surface area contributed by atoms with Gasteiger partial charge in [-0.05, 0) is 25.8 Å². The van der Waals surface area contributed by atoms with Gasteiger partial charge >= 0.3 is 0 Å². The predicted octanol–water partition coefficient (Wildman–Crippen LogP) is 1.36. The molecule has 0 atom stereocenters. The quantitative estimate of drug-likeness (QED) is 0.663. The van der Waals surface area contributed by atoms with Crippen LogP contribution in [0.1, 0.15) is 24.2 Å². The van der Waals surface area contributed by atoms with E-state index in [2.05, 4.69) is 11.2 Å². The minimum atomic E-state index is -0.00396. The second-order valence-corrected chi connectivity index (χ2v) is 3.49. The molecule has 0 aliphatic heterocycles. The maximum absolute atomic E-state index is 5.47. The molecule has 2 rings (SSSR count). The Morgan fingerprint density at radius 2 is 2.25 bits per heavy atom. The Bertz CT molecular complexity index is 299. The molecule has 3 heteroatoms. The van der Waals surface area contributed by atoms with Gasteiger partial charge in [0.25, 0.3) is 0 Å². The van der Waals surface area contributed by atoms with Crippen molar-refractivity contribution in [2.75, 3.05) is 7.11 Å². The zero-order valence-corrected chi connectivity index (χ0v) is 7.79. The normalized spacial score (nSPS) is 19.6. The van der Waals surface area contributed by atoms with Crippen molar-refractivity contribution in [3.05, 3.63) is 17.5 Å². The molecular formula is C9H14N2O. The summed E-state index contributed by atoms with van der Waals surface area (Å²) >= 11 is 0. The lowest BCUT2D eigenvalue weighted by molar-refractivity contribution is 0.0717. The van der Waals surface area contributed by atoms with Crippen molar-refractivity contribution in [3.8, 4) is 0 Å². The van der Waals surface area contributed by atoms with E-state index in [1.165, 1.54) is 5.69 Å². The van der Waals surface area contributed by atoms with E-state index in [1.807, 2.05) is 18.7 Å². The van der Waals surface area contributed by atoms with Crippen molar-refractivity contribution in [1.29, 1.82) is 0 Å². The van der Waals surface area contributed by atoms with E-state index in [9.17, 15) is 0 Å². The molecule has 0 amide bonds. The van der Waals surface area contributed by atoms with E-state index in [1.54, 1.807) is 7.11 Å². The SMILES string of the molecule is COC1(c2cc(C)nn2C)CC1. The van der Waals surface area contributed by atoms with Crippen LogP contribution < -0.4 is 0 Å². The highest BCUT2D eigenvalue weighted by molar-refractivity contribution is 5.22. The van der Waals surface area contributed by atoms with E-state index in [0.717, 1.165) is 18.5 Å². The fraction of sp³-hybridized carbons (Fsp3) is 0.667. The van der Waals surface area contributed by atoms with Crippen LogP contribution in [0.25, 0.3) is 0 Å². The molecule has 1 aromatic rings. The highest BCUT2D eigenvalue weighted by Gasteiger charge is 2.47. The minimum Gasteiger partial charge on any atom is -0.372 e. The molecule has 3 nitrogen and oxygen atoms in total. The molecule has 0 bridgehead atoms. The molecule has 1 aliphatic carbocycles. The van der Waals surface area contributed by atoms with Gasteiger partial charge in [-0.2, -0.15) is 5.10 Å². The van der Waals surface area contributed by atoms with Gasteiger partial charge in [0.15, 0.2) is 0 Å². The monoisotopic (exact) mass is 166 g/mol. The average molecular weight is 166 g/mol. The number of rotatable bonds is 2. The summed E-state index contributed by atoms with van der Waals surface area (Å²) in [5.74, 6) is 0. The second-order valence-electron chi connectivity index (χ2n) is 3.49. The summed E-state index contributed by atoms with van der Waals surface area (Å²) in [6.45, 7) is 2.01. The summed E-state index contributed by atoms with van der Waals surface area (Å²) < 4.78 is 7.39. The molecule has 66 valence electrons. The van der Waals surface area contributed by atoms with Crippen LogP contribution in [0.4, 0.5) is 0 Å². The number of ether oxygens (including phenoxy) is 1. The zero-order valence-electron chi connectivity index (χ0n) is 7.79. The molecule has 1 aromatic heterocycles. The van der Waals surface area contributed by atoms with Gasteiger partial charge in [0.05, 0.1) is 11.4 Å². The van der Waals surface area contributed by atoms with E-state index >= 15 is 0 Å². The van der Waals surface area contributed by atoms with Crippen molar-refractivity contribution >= 4 is 0 Å². The number of aromatic nitrogens is 2. The summed E-state index contributed by atoms with van der Waals surface area (Å²) in [7, 11) is 3.75. The summed E-state index contributed by atoms with van der Waals surface area (Å²) in [5, 5.41) is 4.30. The van der Waals surface area contributed by atoms with Crippen molar-refractivity contribution in [2.45, 2.75) is 25.4 Å². The molecule has 1 aliphatic rings. The Morgan fingerprint density at radius 3 is 2.58 bits per heavy atom. The van der Waals surface area contributed by atoms with Gasteiger partial charge in [0.2, 0.25) is 0 Å². The Morgan fingerprint density at radius 1 is 1.58 bits per heavy atom. The largest absolute Gasteiger partial charge is 0.372 e. The van der Waals surface area contributed by atoms with E-state index in [0.29, 0.717) is 0 Å². The number of hydrogen-bond acceptors (Lipinski definition) is 2. The fourth-order valence-corrected chi connectivity index (χ4v) is 1.72. The Kier molecular flexibility index (Phi) is 1.51. The first-order valence-corrected chi connectivity index (χ1v) is 4.24. The van der Waals surface area contributed by atoms with Crippen LogP contribution in [0.15, 0.2) is 6.07 Å². The third-order valence-corrected chi connectivity index (χ3v) is 2.56. The van der Waals surface area contributed by atoms with Crippen molar-refractivity contribution < 1.29 is 4.74 Å². The van der Waals surface area contributed by atoms with Crippen molar-refractivity contribution in [2.24, 2.45) is 7.05 Å². The summed E-state index contributed by atoms with van der Waals surface area (Å²) in [6.07, 6.45) is 2.25. The lowest BCUT2D eigenvalue weighted by atomic mass is 10.2. The molecule has 0 aromatic carbocycles. The molecular weight excluding hydrogens is 152 g/mol. The van der Waals surface area contributed by atoms with Gasteiger partial charge in [-0.15, -0.1) is 0 Å². The molecule has 0 radical (unpaired) electrons. The minimum absolute atomic E-state index is 0.00396. The van der Waals surface area contributed by atoms with Crippen molar-refractivity contribution in [3.63, 3.8) is 0 Å². The van der Waals surface area contributed by atoms with Crippen LogP contribution in [0.3, 0.4) is 0 Å². The summed E-state index contributed by atoms with van der Waals surface area (Å²) in [5.41, 5.74) is 2.27.